The van der Waals surface area contributed by atoms with E-state index in [2.05, 4.69) is 17.1 Å². The minimum absolute atomic E-state index is 0.000370. The summed E-state index contributed by atoms with van der Waals surface area (Å²) >= 11 is 5.76. The van der Waals surface area contributed by atoms with Gasteiger partial charge in [0.2, 0.25) is 0 Å². The van der Waals surface area contributed by atoms with Crippen LogP contribution in [0.5, 0.6) is 0 Å². The van der Waals surface area contributed by atoms with Gasteiger partial charge in [0.05, 0.1) is 17.0 Å². The lowest BCUT2D eigenvalue weighted by molar-refractivity contribution is 0.0761. The maximum Gasteiger partial charge on any atom is 0.255 e. The minimum Gasteiger partial charge on any atom is -0.337 e. The van der Waals surface area contributed by atoms with E-state index in [0.717, 1.165) is 25.1 Å². The first-order valence-corrected chi connectivity index (χ1v) is 6.79. The fourth-order valence-electron chi connectivity index (χ4n) is 1.70. The van der Waals surface area contributed by atoms with Crippen molar-refractivity contribution in [3.63, 3.8) is 0 Å². The van der Waals surface area contributed by atoms with Crippen LogP contribution >= 0.6 is 11.6 Å². The summed E-state index contributed by atoms with van der Waals surface area (Å²) in [5, 5.41) is 7.93. The van der Waals surface area contributed by atoms with Gasteiger partial charge in [-0.1, -0.05) is 13.3 Å². The second kappa shape index (κ2) is 7.31. The van der Waals surface area contributed by atoms with Gasteiger partial charge in [-0.15, -0.1) is 11.6 Å². The fourth-order valence-corrected chi connectivity index (χ4v) is 1.91. The number of carbonyl (C=O) groups excluding carboxylic acids is 1. The molecule has 0 aliphatic carbocycles. The average Bonchev–Trinajstić information content (AvgIpc) is 2.36. The molecule has 1 aromatic heterocycles. The maximum atomic E-state index is 12.4. The lowest BCUT2D eigenvalue weighted by atomic mass is 10.1. The molecule has 100 valence electrons. The molecule has 0 saturated heterocycles. The number of alkyl halides is 1. The standard InChI is InChI=1S/C13H20ClN3O/c1-4-5-7-17(8-6-14)13(18)12-9-10(2)15-16-11(12)3/h9H,4-8H2,1-3H3. The van der Waals surface area contributed by atoms with Crippen molar-refractivity contribution in [1.29, 1.82) is 0 Å². The molecule has 0 radical (unpaired) electrons. The van der Waals surface area contributed by atoms with Crippen LogP contribution in [0.1, 0.15) is 41.5 Å². The highest BCUT2D eigenvalue weighted by molar-refractivity contribution is 6.18. The van der Waals surface area contributed by atoms with Crippen molar-refractivity contribution >= 4 is 17.5 Å². The van der Waals surface area contributed by atoms with Crippen molar-refractivity contribution in [2.75, 3.05) is 19.0 Å². The van der Waals surface area contributed by atoms with Crippen LogP contribution in [0, 0.1) is 13.8 Å². The molecule has 1 rings (SSSR count). The van der Waals surface area contributed by atoms with Crippen LogP contribution in [-0.2, 0) is 0 Å². The largest absolute Gasteiger partial charge is 0.337 e. The molecule has 0 bridgehead atoms. The maximum absolute atomic E-state index is 12.4. The van der Waals surface area contributed by atoms with E-state index in [0.29, 0.717) is 23.7 Å². The Morgan fingerprint density at radius 1 is 1.33 bits per heavy atom. The number of hydrogen-bond donors (Lipinski definition) is 0. The summed E-state index contributed by atoms with van der Waals surface area (Å²) in [6, 6.07) is 1.79. The van der Waals surface area contributed by atoms with Gasteiger partial charge in [0.25, 0.3) is 5.91 Å². The number of aryl methyl sites for hydroxylation is 2. The molecule has 0 atom stereocenters. The predicted octanol–water partition coefficient (Wildman–Crippen LogP) is 2.57. The summed E-state index contributed by atoms with van der Waals surface area (Å²) in [5.74, 6) is 0.450. The van der Waals surface area contributed by atoms with Crippen molar-refractivity contribution in [2.24, 2.45) is 0 Å². The number of aromatic nitrogens is 2. The zero-order valence-corrected chi connectivity index (χ0v) is 12.0. The van der Waals surface area contributed by atoms with Gasteiger partial charge in [-0.05, 0) is 26.3 Å². The lowest BCUT2D eigenvalue weighted by Crippen LogP contribution is -2.34. The van der Waals surface area contributed by atoms with Crippen molar-refractivity contribution < 1.29 is 4.79 Å². The van der Waals surface area contributed by atoms with Crippen LogP contribution in [0.4, 0.5) is 0 Å². The Morgan fingerprint density at radius 3 is 2.67 bits per heavy atom. The van der Waals surface area contributed by atoms with Crippen LogP contribution in [0.3, 0.4) is 0 Å². The molecule has 1 aromatic rings. The van der Waals surface area contributed by atoms with Crippen LogP contribution in [-0.4, -0.2) is 40.0 Å². The molecular weight excluding hydrogens is 250 g/mol. The average molecular weight is 270 g/mol. The third-order valence-corrected chi connectivity index (χ3v) is 2.92. The Labute approximate surface area is 113 Å². The predicted molar refractivity (Wildman–Crippen MR) is 73.0 cm³/mol. The van der Waals surface area contributed by atoms with Gasteiger partial charge < -0.3 is 4.90 Å². The number of hydrogen-bond acceptors (Lipinski definition) is 3. The van der Waals surface area contributed by atoms with E-state index in [-0.39, 0.29) is 5.91 Å². The number of unbranched alkanes of at least 4 members (excludes halogenated alkanes) is 1. The first-order valence-electron chi connectivity index (χ1n) is 6.26. The fraction of sp³-hybridized carbons (Fsp3) is 0.615. The van der Waals surface area contributed by atoms with Crippen molar-refractivity contribution in [2.45, 2.75) is 33.6 Å². The number of halogens is 1. The molecule has 1 amide bonds. The quantitative estimate of drug-likeness (QED) is 0.746. The topological polar surface area (TPSA) is 46.1 Å². The van der Waals surface area contributed by atoms with Crippen molar-refractivity contribution in [3.8, 4) is 0 Å². The zero-order chi connectivity index (χ0) is 13.5. The van der Waals surface area contributed by atoms with Crippen LogP contribution < -0.4 is 0 Å². The third-order valence-electron chi connectivity index (χ3n) is 2.75. The lowest BCUT2D eigenvalue weighted by Gasteiger charge is -2.22. The Morgan fingerprint density at radius 2 is 2.06 bits per heavy atom. The number of amides is 1. The summed E-state index contributed by atoms with van der Waals surface area (Å²) < 4.78 is 0. The summed E-state index contributed by atoms with van der Waals surface area (Å²) in [6.45, 7) is 7.05. The number of carbonyl (C=O) groups is 1. The molecule has 0 spiro atoms. The molecule has 1 heterocycles. The second-order valence-corrected chi connectivity index (χ2v) is 4.70. The molecule has 0 fully saturated rings. The molecule has 5 heteroatoms. The van der Waals surface area contributed by atoms with Gasteiger partial charge in [0.1, 0.15) is 0 Å². The van der Waals surface area contributed by atoms with E-state index in [4.69, 9.17) is 11.6 Å². The van der Waals surface area contributed by atoms with Gasteiger partial charge in [-0.2, -0.15) is 10.2 Å². The van der Waals surface area contributed by atoms with E-state index in [1.165, 1.54) is 0 Å². The van der Waals surface area contributed by atoms with Gasteiger partial charge in [0, 0.05) is 19.0 Å². The molecule has 0 N–H and O–H groups in total. The Hall–Kier alpha value is -1.16. The first kappa shape index (κ1) is 14.9. The van der Waals surface area contributed by atoms with Gasteiger partial charge in [-0.3, -0.25) is 4.79 Å². The Bertz CT molecular complexity index is 409. The van der Waals surface area contributed by atoms with E-state index < -0.39 is 0 Å². The summed E-state index contributed by atoms with van der Waals surface area (Å²) in [7, 11) is 0. The molecule has 4 nitrogen and oxygen atoms in total. The van der Waals surface area contributed by atoms with Crippen molar-refractivity contribution in [1.82, 2.24) is 15.1 Å². The monoisotopic (exact) mass is 269 g/mol. The highest BCUT2D eigenvalue weighted by Crippen LogP contribution is 2.10. The molecule has 18 heavy (non-hydrogen) atoms. The summed E-state index contributed by atoms with van der Waals surface area (Å²) in [5.41, 5.74) is 2.05. The Balaban J connectivity index is 2.90. The molecule has 0 aliphatic rings. The van der Waals surface area contributed by atoms with Gasteiger partial charge in [0.15, 0.2) is 0 Å². The van der Waals surface area contributed by atoms with E-state index >= 15 is 0 Å². The highest BCUT2D eigenvalue weighted by atomic mass is 35.5. The number of nitrogens with zero attached hydrogens (tertiary/aromatic N) is 3. The van der Waals surface area contributed by atoms with Crippen LogP contribution in [0.2, 0.25) is 0 Å². The van der Waals surface area contributed by atoms with Gasteiger partial charge >= 0.3 is 0 Å². The normalized spacial score (nSPS) is 10.4. The van der Waals surface area contributed by atoms with Crippen LogP contribution in [0.15, 0.2) is 6.07 Å². The first-order chi connectivity index (χ1) is 8.60. The smallest absolute Gasteiger partial charge is 0.255 e. The summed E-state index contributed by atoms with van der Waals surface area (Å²) in [6.07, 6.45) is 2.04. The molecular formula is C13H20ClN3O. The third kappa shape index (κ3) is 3.95. The second-order valence-electron chi connectivity index (χ2n) is 4.32. The van der Waals surface area contributed by atoms with Gasteiger partial charge in [-0.25, -0.2) is 0 Å². The van der Waals surface area contributed by atoms with E-state index in [1.807, 2.05) is 6.92 Å². The molecule has 0 saturated carbocycles. The van der Waals surface area contributed by atoms with Crippen LogP contribution in [0.25, 0.3) is 0 Å². The number of rotatable bonds is 6. The highest BCUT2D eigenvalue weighted by Gasteiger charge is 2.18. The molecule has 0 aromatic carbocycles. The van der Waals surface area contributed by atoms with E-state index in [1.54, 1.807) is 17.9 Å². The SMILES string of the molecule is CCCCN(CCCl)C(=O)c1cc(C)nnc1C. The Kier molecular flexibility index (Phi) is 6.05. The minimum atomic E-state index is -0.000370. The molecule has 0 aliphatic heterocycles. The summed E-state index contributed by atoms with van der Waals surface area (Å²) in [4.78, 5) is 14.2. The molecule has 0 unspecified atom stereocenters. The van der Waals surface area contributed by atoms with Crippen molar-refractivity contribution in [3.05, 3.63) is 23.0 Å². The van der Waals surface area contributed by atoms with E-state index in [9.17, 15) is 4.79 Å². The zero-order valence-electron chi connectivity index (χ0n) is 11.2.